The monoisotopic (exact) mass is 390 g/mol. The third-order valence-corrected chi connectivity index (χ3v) is 5.51. The quantitative estimate of drug-likeness (QED) is 0.541. The summed E-state index contributed by atoms with van der Waals surface area (Å²) in [5, 5.41) is 7.63. The van der Waals surface area contributed by atoms with Gasteiger partial charge >= 0.3 is 0 Å². The summed E-state index contributed by atoms with van der Waals surface area (Å²) in [5.74, 6) is 1.41. The summed E-state index contributed by atoms with van der Waals surface area (Å²) in [6.07, 6.45) is 3.61. The molecule has 0 saturated carbocycles. The Morgan fingerprint density at radius 1 is 1.21 bits per heavy atom. The van der Waals surface area contributed by atoms with Crippen LogP contribution in [0, 0.1) is 5.92 Å². The number of aromatic nitrogens is 2. The van der Waals surface area contributed by atoms with Crippen LogP contribution in [0.25, 0.3) is 0 Å². The van der Waals surface area contributed by atoms with E-state index >= 15 is 0 Å². The van der Waals surface area contributed by atoms with Gasteiger partial charge < -0.3 is 24.9 Å². The van der Waals surface area contributed by atoms with E-state index in [0.717, 1.165) is 57.5 Å². The van der Waals surface area contributed by atoms with Gasteiger partial charge in [-0.3, -0.25) is 14.5 Å². The first kappa shape index (κ1) is 20.6. The first-order valence-corrected chi connectivity index (χ1v) is 10.1. The molecule has 3 rings (SSSR count). The van der Waals surface area contributed by atoms with Crippen LogP contribution < -0.4 is 10.2 Å². The molecule has 1 aromatic heterocycles. The van der Waals surface area contributed by atoms with Crippen molar-refractivity contribution in [2.24, 2.45) is 18.0 Å². The third kappa shape index (κ3) is 5.23. The first-order chi connectivity index (χ1) is 13.5. The molecule has 0 radical (unpaired) electrons. The summed E-state index contributed by atoms with van der Waals surface area (Å²) in [4.78, 5) is 25.8. The van der Waals surface area contributed by atoms with E-state index in [0.29, 0.717) is 19.0 Å². The molecule has 1 amide bonds. The molecule has 1 aromatic rings. The summed E-state index contributed by atoms with van der Waals surface area (Å²) < 4.78 is 1.72. The van der Waals surface area contributed by atoms with E-state index in [2.05, 4.69) is 39.2 Å². The lowest BCUT2D eigenvalue weighted by Crippen LogP contribution is -2.56. The van der Waals surface area contributed by atoms with Gasteiger partial charge in [0, 0.05) is 72.7 Å². The number of carbonyl (C=O) groups is 1. The summed E-state index contributed by atoms with van der Waals surface area (Å²) >= 11 is 0. The van der Waals surface area contributed by atoms with Crippen LogP contribution in [0.3, 0.4) is 0 Å². The van der Waals surface area contributed by atoms with Crippen LogP contribution >= 0.6 is 0 Å². The zero-order chi connectivity index (χ0) is 20.1. The number of likely N-dealkylation sites (N-methyl/N-ethyl adjacent to an activating group) is 1. The molecular formula is C19H34N8O. The highest BCUT2D eigenvalue weighted by atomic mass is 16.2. The van der Waals surface area contributed by atoms with Gasteiger partial charge in [0.15, 0.2) is 5.96 Å². The zero-order valence-corrected chi connectivity index (χ0v) is 17.6. The minimum atomic E-state index is 0.0766. The average molecular weight is 391 g/mol. The molecule has 2 aliphatic heterocycles. The fourth-order valence-corrected chi connectivity index (χ4v) is 3.81. The number of amides is 1. The van der Waals surface area contributed by atoms with Crippen molar-refractivity contribution in [2.75, 3.05) is 77.9 Å². The molecule has 0 bridgehead atoms. The van der Waals surface area contributed by atoms with Gasteiger partial charge in [-0.2, -0.15) is 5.10 Å². The van der Waals surface area contributed by atoms with Crippen LogP contribution in [-0.4, -0.2) is 109 Å². The highest BCUT2D eigenvalue weighted by Crippen LogP contribution is 2.16. The van der Waals surface area contributed by atoms with Gasteiger partial charge in [-0.25, -0.2) is 0 Å². The summed E-state index contributed by atoms with van der Waals surface area (Å²) in [7, 11) is 5.83. The predicted molar refractivity (Wildman–Crippen MR) is 112 cm³/mol. The molecule has 3 heterocycles. The maximum absolute atomic E-state index is 12.6. The number of carbonyl (C=O) groups excluding carboxylic acids is 1. The number of hydrogen-bond donors (Lipinski definition) is 1. The van der Waals surface area contributed by atoms with Crippen LogP contribution in [0.2, 0.25) is 0 Å². The molecule has 2 saturated heterocycles. The zero-order valence-electron chi connectivity index (χ0n) is 17.6. The largest absolute Gasteiger partial charge is 0.356 e. The third-order valence-electron chi connectivity index (χ3n) is 5.51. The lowest BCUT2D eigenvalue weighted by Gasteiger charge is -2.36. The Labute approximate surface area is 168 Å². The normalized spacial score (nSPS) is 21.3. The molecule has 1 N–H and O–H groups in total. The van der Waals surface area contributed by atoms with E-state index in [1.807, 2.05) is 18.1 Å². The lowest BCUT2D eigenvalue weighted by atomic mass is 10.1. The number of aliphatic imine (C=N–C) groups is 1. The Bertz CT molecular complexity index is 679. The second-order valence-corrected chi connectivity index (χ2v) is 7.98. The maximum atomic E-state index is 12.6. The van der Waals surface area contributed by atoms with Crippen molar-refractivity contribution in [1.82, 2.24) is 29.8 Å². The van der Waals surface area contributed by atoms with E-state index in [9.17, 15) is 4.79 Å². The Morgan fingerprint density at radius 3 is 2.57 bits per heavy atom. The number of rotatable bonds is 5. The second kappa shape index (κ2) is 9.38. The number of aryl methyl sites for hydroxylation is 1. The van der Waals surface area contributed by atoms with Crippen LogP contribution in [0.5, 0.6) is 0 Å². The minimum Gasteiger partial charge on any atom is -0.356 e. The molecule has 1 atom stereocenters. The predicted octanol–water partition coefficient (Wildman–Crippen LogP) is -0.472. The molecule has 0 aromatic carbocycles. The van der Waals surface area contributed by atoms with Crippen molar-refractivity contribution < 1.29 is 4.79 Å². The maximum Gasteiger partial charge on any atom is 0.246 e. The van der Waals surface area contributed by atoms with Crippen LogP contribution in [-0.2, 0) is 11.8 Å². The van der Waals surface area contributed by atoms with E-state index in [1.165, 1.54) is 0 Å². The summed E-state index contributed by atoms with van der Waals surface area (Å²) in [5.41, 5.74) is 0.857. The van der Waals surface area contributed by atoms with E-state index in [1.54, 1.807) is 22.8 Å². The van der Waals surface area contributed by atoms with Gasteiger partial charge in [0.1, 0.15) is 6.54 Å². The minimum absolute atomic E-state index is 0.0766. The Balaban J connectivity index is 1.46. The highest BCUT2D eigenvalue weighted by molar-refractivity contribution is 5.98. The first-order valence-electron chi connectivity index (χ1n) is 10.1. The van der Waals surface area contributed by atoms with Gasteiger partial charge in [-0.15, -0.1) is 0 Å². The van der Waals surface area contributed by atoms with E-state index < -0.39 is 0 Å². The summed E-state index contributed by atoms with van der Waals surface area (Å²) in [6, 6.07) is 0. The number of anilines is 1. The van der Waals surface area contributed by atoms with Crippen molar-refractivity contribution in [3.63, 3.8) is 0 Å². The smallest absolute Gasteiger partial charge is 0.246 e. The van der Waals surface area contributed by atoms with Crippen molar-refractivity contribution >= 4 is 17.6 Å². The lowest BCUT2D eigenvalue weighted by molar-refractivity contribution is -0.120. The van der Waals surface area contributed by atoms with Crippen LogP contribution in [0.1, 0.15) is 6.92 Å². The van der Waals surface area contributed by atoms with Crippen LogP contribution in [0.4, 0.5) is 5.69 Å². The van der Waals surface area contributed by atoms with Crippen molar-refractivity contribution in [3.05, 3.63) is 12.4 Å². The molecule has 2 aliphatic rings. The Kier molecular flexibility index (Phi) is 6.90. The number of nitrogens with zero attached hydrogens (tertiary/aromatic N) is 7. The van der Waals surface area contributed by atoms with E-state index in [-0.39, 0.29) is 5.91 Å². The molecule has 0 aliphatic carbocycles. The molecule has 9 heteroatoms. The molecule has 2 fully saturated rings. The van der Waals surface area contributed by atoms with Gasteiger partial charge in [0.2, 0.25) is 5.91 Å². The fourth-order valence-electron chi connectivity index (χ4n) is 3.81. The van der Waals surface area contributed by atoms with Crippen molar-refractivity contribution in [3.8, 4) is 0 Å². The number of guanidine groups is 1. The van der Waals surface area contributed by atoms with E-state index in [4.69, 9.17) is 0 Å². The average Bonchev–Trinajstić information content (AvgIpc) is 3.10. The number of piperazine rings is 2. The highest BCUT2D eigenvalue weighted by Gasteiger charge is 2.28. The molecular weight excluding hydrogens is 356 g/mol. The molecule has 156 valence electrons. The van der Waals surface area contributed by atoms with Gasteiger partial charge in [0.25, 0.3) is 0 Å². The topological polar surface area (TPSA) is 72.2 Å². The van der Waals surface area contributed by atoms with Gasteiger partial charge in [0.05, 0.1) is 11.9 Å². The SMILES string of the molecule is CN=C(NCC(C)CN1CCN(C)CC1)N1CCN(c2cnn(C)c2)C(=O)C1. The Morgan fingerprint density at radius 2 is 1.96 bits per heavy atom. The molecule has 9 nitrogen and oxygen atoms in total. The Hall–Kier alpha value is -2.13. The molecule has 1 unspecified atom stereocenters. The summed E-state index contributed by atoms with van der Waals surface area (Å²) in [6.45, 7) is 10.5. The molecule has 0 spiro atoms. The number of hydrogen-bond acceptors (Lipinski definition) is 5. The molecule has 28 heavy (non-hydrogen) atoms. The number of nitrogens with one attached hydrogen (secondary N) is 1. The van der Waals surface area contributed by atoms with Gasteiger partial charge in [-0.1, -0.05) is 6.92 Å². The van der Waals surface area contributed by atoms with Gasteiger partial charge in [-0.05, 0) is 13.0 Å². The van der Waals surface area contributed by atoms with Crippen molar-refractivity contribution in [2.45, 2.75) is 6.92 Å². The second-order valence-electron chi connectivity index (χ2n) is 7.98. The fraction of sp³-hybridized carbons (Fsp3) is 0.737. The van der Waals surface area contributed by atoms with Crippen LogP contribution in [0.15, 0.2) is 17.4 Å². The van der Waals surface area contributed by atoms with Crippen molar-refractivity contribution in [1.29, 1.82) is 0 Å². The standard InChI is InChI=1S/C19H34N8O/c1-16(13-25-7-5-23(3)6-8-25)11-21-19(20-2)26-9-10-27(18(28)15-26)17-12-22-24(4)14-17/h12,14,16H,5-11,13,15H2,1-4H3,(H,20,21).